The highest BCUT2D eigenvalue weighted by atomic mass is 35.5. The van der Waals surface area contributed by atoms with Gasteiger partial charge in [0.1, 0.15) is 0 Å². The molecule has 2 rings (SSSR count). The molecule has 4 heteroatoms. The van der Waals surface area contributed by atoms with E-state index in [9.17, 15) is 0 Å². The Labute approximate surface area is 117 Å². The van der Waals surface area contributed by atoms with E-state index in [1.165, 1.54) is 4.70 Å². The van der Waals surface area contributed by atoms with Gasteiger partial charge >= 0.3 is 0 Å². The van der Waals surface area contributed by atoms with Crippen LogP contribution in [0.15, 0.2) is 18.2 Å². The number of nitrogens with zero attached hydrogens (tertiary/aromatic N) is 1. The molecule has 0 atom stereocenters. The highest BCUT2D eigenvalue weighted by Crippen LogP contribution is 2.30. The number of fused-ring (bicyclic) bond motifs is 1. The summed E-state index contributed by atoms with van der Waals surface area (Å²) < 4.78 is 1.17. The summed E-state index contributed by atoms with van der Waals surface area (Å²) in [4.78, 5) is 4.56. The Morgan fingerprint density at radius 1 is 1.39 bits per heavy atom. The summed E-state index contributed by atoms with van der Waals surface area (Å²) in [5.41, 5.74) is 1.23. The van der Waals surface area contributed by atoms with Gasteiger partial charge in [0.15, 0.2) is 5.13 Å². The van der Waals surface area contributed by atoms with Gasteiger partial charge in [-0.2, -0.15) is 0 Å². The van der Waals surface area contributed by atoms with Crippen molar-refractivity contribution in [2.75, 3.05) is 11.9 Å². The Hall–Kier alpha value is -0.800. The molecule has 0 amide bonds. The third-order valence-corrected chi connectivity index (χ3v) is 4.84. The first-order chi connectivity index (χ1) is 8.38. The zero-order valence-electron chi connectivity index (χ0n) is 11.2. The predicted octanol–water partition coefficient (Wildman–Crippen LogP) is 5.04. The summed E-state index contributed by atoms with van der Waals surface area (Å²) in [7, 11) is 0. The Morgan fingerprint density at radius 2 is 2.11 bits per heavy atom. The molecular weight excluding hydrogens is 264 g/mol. The molecule has 1 aromatic carbocycles. The Morgan fingerprint density at radius 3 is 2.78 bits per heavy atom. The number of hydrogen-bond acceptors (Lipinski definition) is 3. The van der Waals surface area contributed by atoms with Crippen LogP contribution in [0.5, 0.6) is 0 Å². The molecule has 0 radical (unpaired) electrons. The maximum atomic E-state index is 5.96. The van der Waals surface area contributed by atoms with Gasteiger partial charge in [0.05, 0.1) is 10.2 Å². The highest BCUT2D eigenvalue weighted by Gasteiger charge is 2.22. The first-order valence-electron chi connectivity index (χ1n) is 6.18. The molecule has 1 N–H and O–H groups in total. The van der Waals surface area contributed by atoms with Gasteiger partial charge in [0.2, 0.25) is 0 Å². The number of hydrogen-bond donors (Lipinski definition) is 1. The molecule has 0 fully saturated rings. The molecule has 2 nitrogen and oxygen atoms in total. The number of halogens is 1. The maximum absolute atomic E-state index is 5.96. The first-order valence-corrected chi connectivity index (χ1v) is 7.38. The van der Waals surface area contributed by atoms with Crippen molar-refractivity contribution >= 4 is 38.3 Å². The average molecular weight is 283 g/mol. The first kappa shape index (κ1) is 13.6. The van der Waals surface area contributed by atoms with Crippen molar-refractivity contribution in [1.82, 2.24) is 4.98 Å². The lowest BCUT2D eigenvalue weighted by Gasteiger charge is -2.29. The minimum absolute atomic E-state index is 0.259. The number of thiazole rings is 1. The molecule has 0 aliphatic rings. The van der Waals surface area contributed by atoms with E-state index in [1.54, 1.807) is 11.3 Å². The quantitative estimate of drug-likeness (QED) is 0.849. The van der Waals surface area contributed by atoms with Crippen molar-refractivity contribution < 1.29 is 0 Å². The fourth-order valence-corrected chi connectivity index (χ4v) is 2.49. The lowest BCUT2D eigenvalue weighted by atomic mass is 9.81. The average Bonchev–Trinajstić information content (AvgIpc) is 2.68. The van der Waals surface area contributed by atoms with Crippen LogP contribution in [0.4, 0.5) is 5.13 Å². The van der Waals surface area contributed by atoms with E-state index in [1.807, 2.05) is 18.2 Å². The van der Waals surface area contributed by atoms with Gasteiger partial charge in [-0.05, 0) is 29.5 Å². The van der Waals surface area contributed by atoms with Crippen molar-refractivity contribution in [2.45, 2.75) is 27.7 Å². The Bertz CT molecular complexity index is 546. The molecule has 0 aliphatic heterocycles. The fourth-order valence-electron chi connectivity index (χ4n) is 1.48. The predicted molar refractivity (Wildman–Crippen MR) is 81.7 cm³/mol. The molecule has 0 aliphatic carbocycles. The lowest BCUT2D eigenvalue weighted by Crippen LogP contribution is -2.28. The van der Waals surface area contributed by atoms with E-state index in [0.717, 1.165) is 22.2 Å². The SMILES string of the molecule is CC(C)C(C)(C)CNc1nc2cc(Cl)ccc2s1. The number of anilines is 1. The number of benzene rings is 1. The van der Waals surface area contributed by atoms with E-state index >= 15 is 0 Å². The molecule has 98 valence electrons. The van der Waals surface area contributed by atoms with Crippen LogP contribution < -0.4 is 5.32 Å². The van der Waals surface area contributed by atoms with Crippen molar-refractivity contribution in [3.05, 3.63) is 23.2 Å². The van der Waals surface area contributed by atoms with Gasteiger partial charge < -0.3 is 5.32 Å². The largest absolute Gasteiger partial charge is 0.361 e. The minimum Gasteiger partial charge on any atom is -0.361 e. The summed E-state index contributed by atoms with van der Waals surface area (Å²) in [6, 6.07) is 5.84. The molecular formula is C14H19ClN2S. The number of rotatable bonds is 4. The van der Waals surface area contributed by atoms with Crippen molar-refractivity contribution in [1.29, 1.82) is 0 Å². The maximum Gasteiger partial charge on any atom is 0.183 e. The summed E-state index contributed by atoms with van der Waals surface area (Å²) in [5, 5.41) is 5.15. The molecule has 0 spiro atoms. The van der Waals surface area contributed by atoms with Crippen molar-refractivity contribution in [2.24, 2.45) is 11.3 Å². The zero-order chi connectivity index (χ0) is 13.3. The van der Waals surface area contributed by atoms with Crippen LogP contribution in [0.2, 0.25) is 5.02 Å². The number of aromatic nitrogens is 1. The molecule has 0 bridgehead atoms. The standard InChI is InChI=1S/C14H19ClN2S/c1-9(2)14(3,4)8-16-13-17-11-7-10(15)5-6-12(11)18-13/h5-7,9H,8H2,1-4H3,(H,16,17). The number of nitrogens with one attached hydrogen (secondary N) is 1. The molecule has 2 aromatic rings. The third-order valence-electron chi connectivity index (χ3n) is 3.61. The van der Waals surface area contributed by atoms with E-state index in [0.29, 0.717) is 5.92 Å². The highest BCUT2D eigenvalue weighted by molar-refractivity contribution is 7.22. The fraction of sp³-hybridized carbons (Fsp3) is 0.500. The van der Waals surface area contributed by atoms with Crippen LogP contribution in [0.1, 0.15) is 27.7 Å². The summed E-state index contributed by atoms with van der Waals surface area (Å²) in [6.07, 6.45) is 0. The van der Waals surface area contributed by atoms with Crippen LogP contribution in [0.3, 0.4) is 0 Å². The van der Waals surface area contributed by atoms with E-state index in [2.05, 4.69) is 38.0 Å². The zero-order valence-corrected chi connectivity index (χ0v) is 12.8. The molecule has 18 heavy (non-hydrogen) atoms. The topological polar surface area (TPSA) is 24.9 Å². The molecule has 1 aromatic heterocycles. The van der Waals surface area contributed by atoms with Crippen LogP contribution in [-0.4, -0.2) is 11.5 Å². The molecule has 0 saturated carbocycles. The van der Waals surface area contributed by atoms with Gasteiger partial charge in [-0.15, -0.1) is 0 Å². The normalized spacial score (nSPS) is 12.3. The minimum atomic E-state index is 0.259. The molecule has 1 heterocycles. The second-order valence-electron chi connectivity index (χ2n) is 5.63. The van der Waals surface area contributed by atoms with Gasteiger partial charge in [0, 0.05) is 11.6 Å². The molecule has 0 saturated heterocycles. The smallest absolute Gasteiger partial charge is 0.183 e. The van der Waals surface area contributed by atoms with Gasteiger partial charge in [-0.25, -0.2) is 4.98 Å². The van der Waals surface area contributed by atoms with E-state index in [-0.39, 0.29) is 5.41 Å². The second kappa shape index (κ2) is 5.06. The van der Waals surface area contributed by atoms with Crippen molar-refractivity contribution in [3.63, 3.8) is 0 Å². The van der Waals surface area contributed by atoms with E-state index < -0.39 is 0 Å². The molecule has 0 unspecified atom stereocenters. The van der Waals surface area contributed by atoms with Crippen LogP contribution >= 0.6 is 22.9 Å². The van der Waals surface area contributed by atoms with Crippen molar-refractivity contribution in [3.8, 4) is 0 Å². The summed E-state index contributed by atoms with van der Waals surface area (Å²) >= 11 is 7.64. The second-order valence-corrected chi connectivity index (χ2v) is 7.09. The van der Waals surface area contributed by atoms with Gasteiger partial charge in [-0.3, -0.25) is 0 Å². The Kier molecular flexibility index (Phi) is 3.83. The lowest BCUT2D eigenvalue weighted by molar-refractivity contribution is 0.269. The van der Waals surface area contributed by atoms with Crippen LogP contribution in [0, 0.1) is 11.3 Å². The summed E-state index contributed by atoms with van der Waals surface area (Å²) in [5.74, 6) is 0.633. The van der Waals surface area contributed by atoms with Crippen LogP contribution in [-0.2, 0) is 0 Å². The summed E-state index contributed by atoms with van der Waals surface area (Å²) in [6.45, 7) is 9.97. The third kappa shape index (κ3) is 2.96. The van der Waals surface area contributed by atoms with Gasteiger partial charge in [0.25, 0.3) is 0 Å². The monoisotopic (exact) mass is 282 g/mol. The van der Waals surface area contributed by atoms with Crippen LogP contribution in [0.25, 0.3) is 10.2 Å². The van der Waals surface area contributed by atoms with Gasteiger partial charge in [-0.1, -0.05) is 50.6 Å². The van der Waals surface area contributed by atoms with E-state index in [4.69, 9.17) is 11.6 Å². The Balaban J connectivity index is 2.13.